The van der Waals surface area contributed by atoms with E-state index in [1.807, 2.05) is 0 Å². The van der Waals surface area contributed by atoms with Crippen molar-refractivity contribution in [3.63, 3.8) is 0 Å². The van der Waals surface area contributed by atoms with E-state index in [-0.39, 0.29) is 138 Å². The normalized spacial score (nSPS) is 24.7. The van der Waals surface area contributed by atoms with E-state index in [2.05, 4.69) is 31.3 Å². The number of halogens is 6. The number of aliphatic hydroxyl groups is 2. The van der Waals surface area contributed by atoms with E-state index >= 15 is 0 Å². The number of alkyl halides is 6. The van der Waals surface area contributed by atoms with Crippen LogP contribution in [0.1, 0.15) is 96.0 Å². The topological polar surface area (TPSA) is 267 Å². The van der Waals surface area contributed by atoms with Crippen LogP contribution in [0.3, 0.4) is 0 Å². The van der Waals surface area contributed by atoms with Gasteiger partial charge in [0.2, 0.25) is 5.91 Å². The number of amides is 3. The first kappa shape index (κ1) is 65.3. The molecular weight excluding hydrogens is 1140 g/mol. The fourth-order valence-electron chi connectivity index (χ4n) is 10.8. The fourth-order valence-corrected chi connectivity index (χ4v) is 12.3. The molecule has 1 saturated carbocycles. The third kappa shape index (κ3) is 17.7. The number of thioether (sulfide) groups is 1. The summed E-state index contributed by atoms with van der Waals surface area (Å²) in [6, 6.07) is 16.0. The number of ether oxygens (including phenoxy) is 2. The molecule has 440 valence electrons. The van der Waals surface area contributed by atoms with Crippen molar-refractivity contribution in [2.24, 2.45) is 22.7 Å². The molecule has 3 amide bonds. The molecule has 1 aliphatic carbocycles. The number of carbonyl (C=O) groups is 5. The maximum absolute atomic E-state index is 14.7. The van der Waals surface area contributed by atoms with E-state index in [9.17, 15) is 70.7 Å². The second-order valence-corrected chi connectivity index (χ2v) is 22.0. The Labute approximate surface area is 520 Å². The summed E-state index contributed by atoms with van der Waals surface area (Å²) in [7, 11) is 0. The molecular formula is C57H62F6KN7O11S. The quantitative estimate of drug-likeness (QED) is 0.00638. The molecule has 0 unspecified atom stereocenters. The van der Waals surface area contributed by atoms with Crippen LogP contribution in [0, 0.1) is 17.8 Å². The average molecular weight is 1210 g/mol. The number of allylic oxidation sites excluding steroid dienone is 1. The summed E-state index contributed by atoms with van der Waals surface area (Å²) < 4.78 is 101. The van der Waals surface area contributed by atoms with Crippen molar-refractivity contribution in [3.05, 3.63) is 125 Å². The number of benzene rings is 3. The van der Waals surface area contributed by atoms with Gasteiger partial charge in [0.05, 0.1) is 55.2 Å². The summed E-state index contributed by atoms with van der Waals surface area (Å²) in [6.45, 7) is -0.829. The van der Waals surface area contributed by atoms with Crippen molar-refractivity contribution < 1.29 is 132 Å². The van der Waals surface area contributed by atoms with Crippen LogP contribution < -0.4 is 72.4 Å². The molecule has 0 bridgehead atoms. The number of aromatic nitrogens is 3. The molecule has 4 heterocycles. The predicted molar refractivity (Wildman–Crippen MR) is 286 cm³/mol. The number of rotatable bonds is 25. The van der Waals surface area contributed by atoms with Crippen molar-refractivity contribution >= 4 is 53.2 Å². The molecule has 1 aromatic heterocycles. The number of carboxylic acids is 1. The minimum absolute atomic E-state index is 0. The van der Waals surface area contributed by atoms with Crippen molar-refractivity contribution in [2.75, 3.05) is 25.4 Å². The number of hydrogen-bond donors (Lipinski definition) is 6. The maximum Gasteiger partial charge on any atom is 1.00 e. The Hall–Kier alpha value is -5.29. The van der Waals surface area contributed by atoms with Crippen LogP contribution in [0.15, 0.2) is 96.1 Å². The molecule has 83 heavy (non-hydrogen) atoms. The van der Waals surface area contributed by atoms with Gasteiger partial charge in [-0.1, -0.05) is 78.4 Å². The van der Waals surface area contributed by atoms with E-state index < -0.39 is 101 Å². The Balaban J connectivity index is 0.00000990. The van der Waals surface area contributed by atoms with Crippen molar-refractivity contribution in [2.45, 2.75) is 125 Å². The van der Waals surface area contributed by atoms with Gasteiger partial charge >= 0.3 is 75.7 Å². The van der Waals surface area contributed by atoms with Crippen LogP contribution in [0.5, 0.6) is 0 Å². The number of carbonyl (C=O) groups excluding carboxylic acids is 4. The van der Waals surface area contributed by atoms with Gasteiger partial charge in [0.25, 0.3) is 0 Å². The molecule has 3 saturated heterocycles. The number of hydrogen-bond acceptors (Lipinski definition) is 14. The molecule has 4 fully saturated rings. The van der Waals surface area contributed by atoms with Gasteiger partial charge in [-0.2, -0.15) is 38.1 Å². The van der Waals surface area contributed by atoms with Crippen LogP contribution >= 0.6 is 11.8 Å². The summed E-state index contributed by atoms with van der Waals surface area (Å²) in [5.41, 5.74) is -4.39. The smallest absolute Gasteiger partial charge is 0.862 e. The summed E-state index contributed by atoms with van der Waals surface area (Å²) in [5.74, 6) is -3.51. The van der Waals surface area contributed by atoms with Crippen LogP contribution in [0.4, 0.5) is 31.1 Å². The second-order valence-electron chi connectivity index (χ2n) is 20.7. The van der Waals surface area contributed by atoms with E-state index in [1.165, 1.54) is 0 Å². The summed E-state index contributed by atoms with van der Waals surface area (Å²) in [6.07, 6.45) is -7.43. The Bertz CT molecular complexity index is 2970. The Morgan fingerprint density at radius 1 is 0.952 bits per heavy atom. The number of urea groups is 1. The zero-order valence-corrected chi connectivity index (χ0v) is 49.1. The Kier molecular flexibility index (Phi) is 23.3. The van der Waals surface area contributed by atoms with E-state index in [1.54, 1.807) is 78.5 Å². The molecule has 10 atom stereocenters. The molecule has 3 aromatic carbocycles. The summed E-state index contributed by atoms with van der Waals surface area (Å²) in [4.78, 5) is 65.1. The number of Topliss-reactive ketones (excluding diaryl/α,β-unsaturated/α-hetero) is 1. The van der Waals surface area contributed by atoms with Crippen LogP contribution in [0.25, 0.3) is 17.3 Å². The molecule has 0 spiro atoms. The molecule has 26 heteroatoms. The average Bonchev–Trinajstić information content (AvgIpc) is 4.42. The zero-order valence-electron chi connectivity index (χ0n) is 45.2. The molecule has 0 radical (unpaired) electrons. The van der Waals surface area contributed by atoms with Gasteiger partial charge in [-0.15, -0.1) is 5.10 Å². The van der Waals surface area contributed by atoms with Gasteiger partial charge in [-0.05, 0) is 86.1 Å². The van der Waals surface area contributed by atoms with Gasteiger partial charge < -0.3 is 50.8 Å². The minimum atomic E-state index is -5.37. The van der Waals surface area contributed by atoms with Crippen LogP contribution in [-0.4, -0.2) is 133 Å². The largest absolute Gasteiger partial charge is 1.00 e. The number of nitrogens with one attached hydrogen (secondary N) is 3. The second kappa shape index (κ2) is 29.7. The number of aliphatic hydroxyl groups excluding tert-OH is 2. The van der Waals surface area contributed by atoms with Crippen molar-refractivity contribution in [1.82, 2.24) is 30.9 Å². The molecule has 18 nitrogen and oxygen atoms in total. The minimum Gasteiger partial charge on any atom is -0.862 e. The monoisotopic (exact) mass is 1210 g/mol. The van der Waals surface area contributed by atoms with Gasteiger partial charge in [0, 0.05) is 65.0 Å². The summed E-state index contributed by atoms with van der Waals surface area (Å²) >= 11 is 1.75. The van der Waals surface area contributed by atoms with Gasteiger partial charge in [0.1, 0.15) is 23.7 Å². The first-order valence-electron chi connectivity index (χ1n) is 26.9. The first-order valence-corrected chi connectivity index (χ1v) is 28.0. The van der Waals surface area contributed by atoms with Gasteiger partial charge in [-0.25, -0.2) is 9.48 Å². The van der Waals surface area contributed by atoms with E-state index in [0.29, 0.717) is 73.1 Å². The number of aliphatic imine (C=N–C) groups is 1. The molecule has 3 aliphatic heterocycles. The first-order chi connectivity index (χ1) is 39.1. The molecule has 4 aromatic rings. The number of aliphatic carboxylic acids is 1. The molecule has 8 rings (SSSR count). The van der Waals surface area contributed by atoms with Crippen molar-refractivity contribution in [3.8, 4) is 11.3 Å². The van der Waals surface area contributed by atoms with Crippen molar-refractivity contribution in [1.29, 1.82) is 0 Å². The fraction of sp³-hybridized carbons (Fsp3) is 0.474. The van der Waals surface area contributed by atoms with E-state index in [0.717, 1.165) is 23.1 Å². The number of fused-ring (bicyclic) bond motifs is 1. The number of nitrogens with zero attached hydrogens (tertiary/aromatic N) is 4. The van der Waals surface area contributed by atoms with Crippen LogP contribution in [-0.2, 0) is 49.2 Å². The number of carboxylic acid groups (broad SMARTS) is 1. The number of unbranched alkanes of at least 4 members (excludes halogenated alkanes) is 1. The third-order valence-corrected chi connectivity index (χ3v) is 16.5. The summed E-state index contributed by atoms with van der Waals surface area (Å²) in [5, 5.41) is 60.8. The Morgan fingerprint density at radius 3 is 2.36 bits per heavy atom. The maximum atomic E-state index is 14.7. The third-order valence-electron chi connectivity index (χ3n) is 15.0. The zero-order chi connectivity index (χ0) is 58.7. The molecule has 4 aliphatic rings. The SMILES string of the molecule is O=C(O)C[C@H]1CCC(=O)[C@@H]1C/C=C\CCO[C@H]1O[C@@H](Cn2cc(-c3cc(C(F)(F)F)c(/C=C/C(=O)NCCN=C([O-])CCCC[C@@H]4SC[C@@H]5NC(=O)N[C@@H]54)c(C(F)(F)F)c3)nn2)[C@H](O)[C@@H](O)[C@@H]1Cc1ccc(C(=O)c2ccccc2)cc1.[K+]. The van der Waals surface area contributed by atoms with Gasteiger partial charge in [0.15, 0.2) is 12.1 Å². The standard InChI is InChI=1S/C57H63F6N7O11S.K/c58-56(59,60)40-26-36(27-41(57(61,62)63)38(40)19-21-48(73)65-23-22-64-47(72)13-7-6-12-46-50-43(31-82-46)66-55(79)67-50)42-29-70(69-68-42)30-45-53(78)52(77)39(25-32-14-16-34(17-15-32)51(76)33-9-3-1-4-10-33)54(81-45)80-24-8-2-5-11-37-35(28-49(74)75)18-20-44(37)71;/h1-5,9-10,14-17,19,21,26-27,29,35,37,39,43,45-46,50,52-54,77-78H,6-8,11-13,18,20,22-25,28,30-31H2,(H,64,72)(H,65,73)(H,74,75)(H2,66,67,79);/q;+1/p-1/b5-2-,21-19+;/t35-,37-,39+,43+,45+,46+,50+,52+,53+,54+;/m1./s1. The Morgan fingerprint density at radius 2 is 1.66 bits per heavy atom. The van der Waals surface area contributed by atoms with Crippen LogP contribution in [0.2, 0.25) is 0 Å². The number of ketones is 2. The van der Waals surface area contributed by atoms with Gasteiger partial charge in [-0.3, -0.25) is 19.2 Å². The molecule has 6 N–H and O–H groups in total. The predicted octanol–water partition coefficient (Wildman–Crippen LogP) is 3.56. The van der Waals surface area contributed by atoms with E-state index in [4.69, 9.17) is 9.47 Å².